The third-order valence-electron chi connectivity index (χ3n) is 2.84. The van der Waals surface area contributed by atoms with Gasteiger partial charge < -0.3 is 9.52 Å². The van der Waals surface area contributed by atoms with E-state index in [4.69, 9.17) is 4.42 Å². The number of halogens is 1. The minimum atomic E-state index is -1.11. The fraction of sp³-hybridized carbons (Fsp3) is 0. The highest BCUT2D eigenvalue weighted by atomic mass is 79.9. The summed E-state index contributed by atoms with van der Waals surface area (Å²) in [6, 6.07) is 16.8. The van der Waals surface area contributed by atoms with Crippen molar-refractivity contribution in [2.24, 2.45) is 0 Å². The van der Waals surface area contributed by atoms with Crippen LogP contribution in [0.5, 0.6) is 0 Å². The van der Waals surface area contributed by atoms with Gasteiger partial charge in [-0.25, -0.2) is 9.78 Å². The van der Waals surface area contributed by atoms with Gasteiger partial charge in [-0.1, -0.05) is 34.1 Å². The summed E-state index contributed by atoms with van der Waals surface area (Å²) in [5.74, 6) is -0.803. The summed E-state index contributed by atoms with van der Waals surface area (Å²) in [6.45, 7) is 0. The van der Waals surface area contributed by atoms with E-state index in [0.717, 1.165) is 14.9 Å². The standard InChI is InChI=1S/C16H10BrNO3S/c17-11-6-8-12(9-7-11)22-16-13(15(19)20)18-14(21-16)10-4-2-1-3-5-10/h1-9H,(H,19,20). The van der Waals surface area contributed by atoms with Crippen LogP contribution in [0.3, 0.4) is 0 Å². The molecule has 0 aliphatic carbocycles. The average molecular weight is 376 g/mol. The number of nitrogens with zero attached hydrogens (tertiary/aromatic N) is 1. The van der Waals surface area contributed by atoms with Gasteiger partial charge in [-0.2, -0.15) is 0 Å². The second-order valence-corrected chi connectivity index (χ2v) is 6.34. The van der Waals surface area contributed by atoms with Crippen LogP contribution in [0.25, 0.3) is 11.5 Å². The Bertz CT molecular complexity index is 800. The second kappa shape index (κ2) is 6.37. The van der Waals surface area contributed by atoms with Crippen molar-refractivity contribution in [2.75, 3.05) is 0 Å². The Hall–Kier alpha value is -2.05. The lowest BCUT2D eigenvalue weighted by Gasteiger charge is -1.99. The maximum atomic E-state index is 11.4. The number of benzene rings is 2. The molecule has 0 spiro atoms. The van der Waals surface area contributed by atoms with E-state index >= 15 is 0 Å². The summed E-state index contributed by atoms with van der Waals surface area (Å²) < 4.78 is 6.61. The molecule has 0 atom stereocenters. The summed E-state index contributed by atoms with van der Waals surface area (Å²) in [7, 11) is 0. The molecule has 0 saturated carbocycles. The van der Waals surface area contributed by atoms with Gasteiger partial charge in [0, 0.05) is 14.9 Å². The SMILES string of the molecule is O=C(O)c1nc(-c2ccccc2)oc1Sc1ccc(Br)cc1. The zero-order valence-corrected chi connectivity index (χ0v) is 13.6. The van der Waals surface area contributed by atoms with Crippen molar-refractivity contribution in [2.45, 2.75) is 9.99 Å². The highest BCUT2D eigenvalue weighted by Gasteiger charge is 2.21. The molecule has 4 nitrogen and oxygen atoms in total. The quantitative estimate of drug-likeness (QED) is 0.698. The Labute approximate surface area is 139 Å². The van der Waals surface area contributed by atoms with E-state index in [2.05, 4.69) is 20.9 Å². The van der Waals surface area contributed by atoms with E-state index in [9.17, 15) is 9.90 Å². The minimum Gasteiger partial charge on any atom is -0.476 e. The summed E-state index contributed by atoms with van der Waals surface area (Å²) in [5.41, 5.74) is 0.666. The van der Waals surface area contributed by atoms with Crippen LogP contribution in [0.1, 0.15) is 10.5 Å². The van der Waals surface area contributed by atoms with Crippen molar-refractivity contribution in [3.63, 3.8) is 0 Å². The zero-order chi connectivity index (χ0) is 15.5. The molecule has 2 aromatic carbocycles. The van der Waals surface area contributed by atoms with Crippen LogP contribution >= 0.6 is 27.7 Å². The van der Waals surface area contributed by atoms with E-state index in [1.165, 1.54) is 11.8 Å². The Morgan fingerprint density at radius 2 is 1.77 bits per heavy atom. The number of hydrogen-bond acceptors (Lipinski definition) is 4. The first-order valence-corrected chi connectivity index (χ1v) is 7.97. The molecule has 0 bridgehead atoms. The maximum absolute atomic E-state index is 11.4. The van der Waals surface area contributed by atoms with Crippen LogP contribution in [0.2, 0.25) is 0 Å². The molecule has 0 aliphatic rings. The Balaban J connectivity index is 1.97. The van der Waals surface area contributed by atoms with Crippen LogP contribution in [-0.4, -0.2) is 16.1 Å². The molecule has 6 heteroatoms. The molecule has 3 rings (SSSR count). The van der Waals surface area contributed by atoms with Gasteiger partial charge in [0.05, 0.1) is 0 Å². The first-order valence-electron chi connectivity index (χ1n) is 6.36. The first kappa shape index (κ1) is 14.9. The molecule has 0 radical (unpaired) electrons. The monoisotopic (exact) mass is 375 g/mol. The summed E-state index contributed by atoms with van der Waals surface area (Å²) >= 11 is 4.60. The Morgan fingerprint density at radius 3 is 2.41 bits per heavy atom. The number of carboxylic acids is 1. The third-order valence-corrected chi connectivity index (χ3v) is 4.34. The van der Waals surface area contributed by atoms with Crippen LogP contribution in [0.15, 0.2) is 73.5 Å². The lowest BCUT2D eigenvalue weighted by atomic mass is 10.2. The zero-order valence-electron chi connectivity index (χ0n) is 11.2. The third kappa shape index (κ3) is 3.23. The number of aromatic carboxylic acids is 1. The normalized spacial score (nSPS) is 10.6. The van der Waals surface area contributed by atoms with Gasteiger partial charge >= 0.3 is 5.97 Å². The van der Waals surface area contributed by atoms with Gasteiger partial charge in [0.2, 0.25) is 16.7 Å². The second-order valence-electron chi connectivity index (χ2n) is 4.38. The predicted octanol–water partition coefficient (Wildman–Crippen LogP) is 4.95. The smallest absolute Gasteiger partial charge is 0.359 e. The van der Waals surface area contributed by atoms with Crippen LogP contribution in [0.4, 0.5) is 0 Å². The van der Waals surface area contributed by atoms with E-state index in [1.807, 2.05) is 54.6 Å². The lowest BCUT2D eigenvalue weighted by molar-refractivity contribution is 0.0685. The fourth-order valence-electron chi connectivity index (χ4n) is 1.82. The molecule has 1 aromatic heterocycles. The van der Waals surface area contributed by atoms with Crippen molar-refractivity contribution < 1.29 is 14.3 Å². The van der Waals surface area contributed by atoms with Crippen molar-refractivity contribution in [1.82, 2.24) is 4.98 Å². The molecule has 0 amide bonds. The van der Waals surface area contributed by atoms with Gasteiger partial charge in [-0.3, -0.25) is 0 Å². The molecule has 110 valence electrons. The van der Waals surface area contributed by atoms with E-state index in [-0.39, 0.29) is 10.8 Å². The number of rotatable bonds is 4. The number of carboxylic acid groups (broad SMARTS) is 1. The minimum absolute atomic E-state index is 0.0771. The molecule has 1 heterocycles. The molecule has 22 heavy (non-hydrogen) atoms. The lowest BCUT2D eigenvalue weighted by Crippen LogP contribution is -1.98. The molecule has 0 saturated heterocycles. The van der Waals surface area contributed by atoms with Crippen LogP contribution in [0, 0.1) is 0 Å². The van der Waals surface area contributed by atoms with Crippen LogP contribution in [-0.2, 0) is 0 Å². The maximum Gasteiger partial charge on any atom is 0.359 e. The van der Waals surface area contributed by atoms with Crippen molar-refractivity contribution in [3.05, 3.63) is 64.8 Å². The van der Waals surface area contributed by atoms with Crippen molar-refractivity contribution >= 4 is 33.7 Å². The van der Waals surface area contributed by atoms with E-state index in [0.29, 0.717) is 5.89 Å². The van der Waals surface area contributed by atoms with E-state index < -0.39 is 5.97 Å². The van der Waals surface area contributed by atoms with Gasteiger partial charge in [-0.05, 0) is 48.2 Å². The molecule has 3 aromatic rings. The van der Waals surface area contributed by atoms with Gasteiger partial charge in [0.15, 0.2) is 0 Å². The van der Waals surface area contributed by atoms with Gasteiger partial charge in [-0.15, -0.1) is 0 Å². The Morgan fingerprint density at radius 1 is 1.09 bits per heavy atom. The number of carbonyl (C=O) groups is 1. The molecular weight excluding hydrogens is 366 g/mol. The molecule has 0 unspecified atom stereocenters. The predicted molar refractivity (Wildman–Crippen MR) is 87.2 cm³/mol. The summed E-state index contributed by atoms with van der Waals surface area (Å²) in [6.07, 6.45) is 0. The summed E-state index contributed by atoms with van der Waals surface area (Å²) in [4.78, 5) is 16.3. The fourth-order valence-corrected chi connectivity index (χ4v) is 2.93. The van der Waals surface area contributed by atoms with E-state index in [1.54, 1.807) is 0 Å². The molecular formula is C16H10BrNO3S. The highest BCUT2D eigenvalue weighted by Crippen LogP contribution is 2.34. The number of hydrogen-bond donors (Lipinski definition) is 1. The number of aromatic nitrogens is 1. The molecule has 1 N–H and O–H groups in total. The first-order chi connectivity index (χ1) is 10.6. The van der Waals surface area contributed by atoms with Crippen LogP contribution < -0.4 is 0 Å². The average Bonchev–Trinajstić information content (AvgIpc) is 2.95. The highest BCUT2D eigenvalue weighted by molar-refractivity contribution is 9.10. The topological polar surface area (TPSA) is 63.3 Å². The molecule has 0 aliphatic heterocycles. The number of oxazole rings is 1. The largest absolute Gasteiger partial charge is 0.476 e. The summed E-state index contributed by atoms with van der Waals surface area (Å²) in [5, 5.41) is 9.58. The van der Waals surface area contributed by atoms with Gasteiger partial charge in [0.1, 0.15) is 0 Å². The molecule has 0 fully saturated rings. The van der Waals surface area contributed by atoms with Crippen molar-refractivity contribution in [3.8, 4) is 11.5 Å². The van der Waals surface area contributed by atoms with Gasteiger partial charge in [0.25, 0.3) is 0 Å². The van der Waals surface area contributed by atoms with Crippen molar-refractivity contribution in [1.29, 1.82) is 0 Å². The Kier molecular flexibility index (Phi) is 4.31.